The average Bonchev–Trinajstić information content (AvgIpc) is 3.30. The highest BCUT2D eigenvalue weighted by atomic mass is 127. The summed E-state index contributed by atoms with van der Waals surface area (Å²) in [4.78, 5) is 28.1. The standard InChI is InChI=1S/C62H97IO7Si3/c1-21-42-61(14,54(43-55(64)65)69-72(17,18)59(8,9)10)57(66)48(4)56(70-73(19,20)60(11,12)13)46(2)32-31-33-49(40-41-53(47(3)44-63)68-71(15,16)58(5,6)7)45-67-62(50-34-25-22-26-35-50,51-36-27-23-28-37-51)52-38-29-24-30-39-52/h21-30,34-40,44,46,48,53-54,56H,1,31-33,41-43,45H2,2-20H3,(H,64,65)/b47-44+,49-40+/t46-,48+,53-,54-,56-,61+/m0/s1. The van der Waals surface area contributed by atoms with Crippen LogP contribution in [-0.4, -0.2) is 66.7 Å². The highest BCUT2D eigenvalue weighted by Gasteiger charge is 2.51. The van der Waals surface area contributed by atoms with Gasteiger partial charge in [0.2, 0.25) is 0 Å². The predicted molar refractivity (Wildman–Crippen MR) is 324 cm³/mol. The summed E-state index contributed by atoms with van der Waals surface area (Å²) in [7, 11) is -7.10. The molecule has 0 aliphatic heterocycles. The highest BCUT2D eigenvalue weighted by molar-refractivity contribution is 14.1. The van der Waals surface area contributed by atoms with Crippen molar-refractivity contribution < 1.29 is 32.7 Å². The van der Waals surface area contributed by atoms with Crippen molar-refractivity contribution in [2.24, 2.45) is 17.3 Å². The first kappa shape index (κ1) is 64.5. The van der Waals surface area contributed by atoms with Crippen LogP contribution in [0.5, 0.6) is 0 Å². The van der Waals surface area contributed by atoms with Gasteiger partial charge >= 0.3 is 5.97 Å². The molecule has 73 heavy (non-hydrogen) atoms. The van der Waals surface area contributed by atoms with E-state index in [0.29, 0.717) is 19.4 Å². The molecule has 7 nitrogen and oxygen atoms in total. The van der Waals surface area contributed by atoms with Crippen LogP contribution in [0.15, 0.2) is 125 Å². The summed E-state index contributed by atoms with van der Waals surface area (Å²) in [5.74, 6) is -1.58. The number of carbonyl (C=O) groups is 2. The Morgan fingerprint density at radius 3 is 1.51 bits per heavy atom. The van der Waals surface area contributed by atoms with Gasteiger partial charge in [0.25, 0.3) is 0 Å². The van der Waals surface area contributed by atoms with Gasteiger partial charge in [0.15, 0.2) is 25.0 Å². The predicted octanol–water partition coefficient (Wildman–Crippen LogP) is 17.9. The number of aliphatic carboxylic acids is 1. The summed E-state index contributed by atoms with van der Waals surface area (Å²) in [6.07, 6.45) is 5.91. The van der Waals surface area contributed by atoms with E-state index >= 15 is 4.79 Å². The Hall–Kier alpha value is -2.76. The van der Waals surface area contributed by atoms with E-state index in [1.807, 2.05) is 13.8 Å². The summed E-state index contributed by atoms with van der Waals surface area (Å²) >= 11 is 2.35. The molecule has 0 bridgehead atoms. The van der Waals surface area contributed by atoms with E-state index < -0.39 is 60.1 Å². The third-order valence-corrected chi connectivity index (χ3v) is 31.3. The van der Waals surface area contributed by atoms with Crippen LogP contribution in [0.2, 0.25) is 54.4 Å². The maximum Gasteiger partial charge on any atom is 0.305 e. The number of hydrogen-bond acceptors (Lipinski definition) is 6. The summed E-state index contributed by atoms with van der Waals surface area (Å²) < 4.78 is 31.2. The third-order valence-electron chi connectivity index (χ3n) is 16.9. The number of Topliss-reactive ketones (excluding diaryl/α,β-unsaturated/α-hetero) is 1. The lowest BCUT2D eigenvalue weighted by atomic mass is 9.69. The fourth-order valence-corrected chi connectivity index (χ4v) is 13.5. The smallest absolute Gasteiger partial charge is 0.305 e. The van der Waals surface area contributed by atoms with Crippen molar-refractivity contribution in [2.75, 3.05) is 6.61 Å². The van der Waals surface area contributed by atoms with Crippen molar-refractivity contribution in [1.29, 1.82) is 0 Å². The Kier molecular flexibility index (Phi) is 23.5. The van der Waals surface area contributed by atoms with Crippen LogP contribution < -0.4 is 0 Å². The van der Waals surface area contributed by atoms with E-state index in [0.717, 1.165) is 36.0 Å². The monoisotopic (exact) mass is 1160 g/mol. The molecule has 3 aromatic rings. The summed E-state index contributed by atoms with van der Waals surface area (Å²) in [6.45, 7) is 46.2. The van der Waals surface area contributed by atoms with Gasteiger partial charge in [-0.05, 0) is 138 Å². The Balaban J connectivity index is 2.19. The van der Waals surface area contributed by atoms with E-state index in [1.165, 1.54) is 11.1 Å². The van der Waals surface area contributed by atoms with Crippen molar-refractivity contribution in [3.8, 4) is 0 Å². The molecule has 3 aromatic carbocycles. The fourth-order valence-electron chi connectivity index (χ4n) is 8.90. The Labute approximate surface area is 461 Å². The maximum atomic E-state index is 15.5. The lowest BCUT2D eigenvalue weighted by molar-refractivity contribution is -0.147. The molecule has 0 unspecified atom stereocenters. The number of rotatable bonds is 28. The lowest BCUT2D eigenvalue weighted by Crippen LogP contribution is -2.55. The molecule has 0 saturated carbocycles. The summed E-state index contributed by atoms with van der Waals surface area (Å²) in [5, 5.41) is 10.1. The molecule has 0 spiro atoms. The van der Waals surface area contributed by atoms with Gasteiger partial charge in [-0.25, -0.2) is 0 Å². The van der Waals surface area contributed by atoms with Crippen LogP contribution in [0.4, 0.5) is 0 Å². The van der Waals surface area contributed by atoms with E-state index in [-0.39, 0.29) is 39.3 Å². The molecule has 0 aliphatic rings. The van der Waals surface area contributed by atoms with Crippen molar-refractivity contribution in [2.45, 2.75) is 207 Å². The van der Waals surface area contributed by atoms with E-state index in [2.05, 4.69) is 246 Å². The first-order chi connectivity index (χ1) is 33.6. The van der Waals surface area contributed by atoms with Crippen molar-refractivity contribution in [3.63, 3.8) is 0 Å². The second-order valence-corrected chi connectivity index (χ2v) is 40.5. The third kappa shape index (κ3) is 16.9. The molecule has 0 amide bonds. The van der Waals surface area contributed by atoms with Crippen molar-refractivity contribution in [3.05, 3.63) is 142 Å². The quantitative estimate of drug-likeness (QED) is 0.0335. The van der Waals surface area contributed by atoms with E-state index in [4.69, 9.17) is 18.0 Å². The van der Waals surface area contributed by atoms with Gasteiger partial charge < -0.3 is 23.1 Å². The van der Waals surface area contributed by atoms with Gasteiger partial charge in [-0.3, -0.25) is 9.59 Å². The van der Waals surface area contributed by atoms with Gasteiger partial charge in [0.1, 0.15) is 11.4 Å². The van der Waals surface area contributed by atoms with Crippen LogP contribution >= 0.6 is 22.6 Å². The zero-order valence-electron chi connectivity index (χ0n) is 48.7. The van der Waals surface area contributed by atoms with Crippen LogP contribution in [0.25, 0.3) is 0 Å². The number of halogens is 1. The topological polar surface area (TPSA) is 91.3 Å². The Morgan fingerprint density at radius 1 is 0.685 bits per heavy atom. The molecule has 0 saturated heterocycles. The molecule has 3 rings (SSSR count). The molecule has 0 heterocycles. The number of benzene rings is 3. The molecule has 6 atom stereocenters. The largest absolute Gasteiger partial charge is 0.481 e. The zero-order valence-corrected chi connectivity index (χ0v) is 53.9. The highest BCUT2D eigenvalue weighted by Crippen LogP contribution is 2.47. The van der Waals surface area contributed by atoms with Crippen LogP contribution in [0.3, 0.4) is 0 Å². The fraction of sp³-hybridized carbons (Fsp3) is 0.581. The SMILES string of the molecule is C=CC[C@@](C)(C(=O)[C@H](C)[C@@H](O[Si](C)(C)C(C)(C)C)[C@@H](C)CCC/C(=C\C[C@H](O[Si](C)(C)C(C)(C)C)/C(C)=C/I)COC(c1ccccc1)(c1ccccc1)c1ccccc1)[C@H](CC(=O)O)O[Si](C)(C)C(C)(C)C. The van der Waals surface area contributed by atoms with E-state index in [1.54, 1.807) is 6.08 Å². The second-order valence-electron chi connectivity index (χ2n) is 25.6. The number of ether oxygens (including phenoxy) is 1. The summed E-state index contributed by atoms with van der Waals surface area (Å²) in [6, 6.07) is 31.6. The molecular formula is C62H97IO7Si3. The van der Waals surface area contributed by atoms with Gasteiger partial charge in [-0.2, -0.15) is 0 Å². The Morgan fingerprint density at radius 2 is 1.11 bits per heavy atom. The minimum absolute atomic E-state index is 0.0154. The van der Waals surface area contributed by atoms with Crippen LogP contribution in [0, 0.1) is 17.3 Å². The van der Waals surface area contributed by atoms with Crippen molar-refractivity contribution >= 4 is 59.3 Å². The minimum atomic E-state index is -2.51. The molecule has 406 valence electrons. The molecule has 0 radical (unpaired) electrons. The van der Waals surface area contributed by atoms with Gasteiger partial charge in [0.05, 0.1) is 36.8 Å². The molecule has 0 aromatic heterocycles. The molecule has 1 N–H and O–H groups in total. The number of ketones is 1. The second kappa shape index (κ2) is 26.5. The van der Waals surface area contributed by atoms with Gasteiger partial charge in [0, 0.05) is 5.92 Å². The first-order valence-corrected chi connectivity index (χ1v) is 36.7. The average molecular weight is 1170 g/mol. The molecule has 0 aliphatic carbocycles. The number of carbonyl (C=O) groups excluding carboxylic acids is 1. The van der Waals surface area contributed by atoms with E-state index in [9.17, 15) is 9.90 Å². The number of hydrogen-bond donors (Lipinski definition) is 1. The van der Waals surface area contributed by atoms with Crippen LogP contribution in [0.1, 0.15) is 145 Å². The first-order valence-electron chi connectivity index (χ1n) is 26.8. The normalized spacial score (nSPS) is 16.8. The maximum absolute atomic E-state index is 15.5. The molecule has 0 fully saturated rings. The number of carboxylic acid groups (broad SMARTS) is 1. The molecule has 11 heteroatoms. The summed E-state index contributed by atoms with van der Waals surface area (Å²) in [5.41, 5.74) is 3.51. The Bertz CT molecular complexity index is 2180. The molecular weight excluding hydrogens is 1070 g/mol. The number of carboxylic acids is 1. The number of allylic oxidation sites excluding steroid dienone is 1. The lowest BCUT2D eigenvalue weighted by Gasteiger charge is -2.47. The van der Waals surface area contributed by atoms with Gasteiger partial charge in [-0.1, -0.05) is 202 Å². The van der Waals surface area contributed by atoms with Crippen molar-refractivity contribution in [1.82, 2.24) is 0 Å². The van der Waals surface area contributed by atoms with Crippen LogP contribution in [-0.2, 0) is 33.2 Å². The van der Waals surface area contributed by atoms with Gasteiger partial charge in [-0.15, -0.1) is 6.58 Å². The zero-order chi connectivity index (χ0) is 55.4. The minimum Gasteiger partial charge on any atom is -0.481 e.